The van der Waals surface area contributed by atoms with Crippen LogP contribution in [0.1, 0.15) is 29.7 Å². The molecule has 206 valence electrons. The number of carbonyl (C=O) groups is 1. The van der Waals surface area contributed by atoms with Crippen molar-refractivity contribution in [3.8, 4) is 11.4 Å². The molecule has 2 N–H and O–H groups in total. The van der Waals surface area contributed by atoms with Crippen LogP contribution in [0, 0.1) is 0 Å². The Kier molecular flexibility index (Phi) is 7.48. The van der Waals surface area contributed by atoms with Crippen molar-refractivity contribution in [3.63, 3.8) is 0 Å². The predicted molar refractivity (Wildman–Crippen MR) is 108 cm³/mol. The standard InChI is InChI=1S/C19H13F9N6O3S/c1-9(16(35)30-33-38(36,37)14-4-2-3-11(8-14)17(20,21)22)34-31-15(29-32-34)10-5-12(18(23,24)25)7-13(6-10)19(26,27)28/h2-9,33H,1H3,(H,30,35). The third-order valence-electron chi connectivity index (χ3n) is 4.78. The maximum atomic E-state index is 13.1. The van der Waals surface area contributed by atoms with E-state index in [1.165, 1.54) is 0 Å². The second kappa shape index (κ2) is 9.86. The van der Waals surface area contributed by atoms with Crippen LogP contribution < -0.4 is 10.3 Å². The van der Waals surface area contributed by atoms with Crippen molar-refractivity contribution >= 4 is 15.9 Å². The highest BCUT2D eigenvalue weighted by Crippen LogP contribution is 2.38. The van der Waals surface area contributed by atoms with Crippen molar-refractivity contribution in [2.24, 2.45) is 0 Å². The number of rotatable bonds is 6. The van der Waals surface area contributed by atoms with Crippen molar-refractivity contribution in [1.82, 2.24) is 30.5 Å². The fraction of sp³-hybridized carbons (Fsp3) is 0.263. The minimum absolute atomic E-state index is 0.111. The van der Waals surface area contributed by atoms with Gasteiger partial charge in [0, 0.05) is 5.56 Å². The summed E-state index contributed by atoms with van der Waals surface area (Å²) in [6, 6.07) is 1.61. The average molecular weight is 576 g/mol. The molecule has 2 aromatic carbocycles. The smallest absolute Gasteiger partial charge is 0.276 e. The van der Waals surface area contributed by atoms with E-state index in [2.05, 4.69) is 15.4 Å². The lowest BCUT2D eigenvalue weighted by molar-refractivity contribution is -0.143. The molecule has 0 aliphatic heterocycles. The minimum Gasteiger partial charge on any atom is -0.276 e. The van der Waals surface area contributed by atoms with Crippen molar-refractivity contribution in [2.75, 3.05) is 0 Å². The van der Waals surface area contributed by atoms with E-state index in [-0.39, 0.29) is 6.07 Å². The number of hydrogen-bond donors (Lipinski definition) is 2. The Labute approximate surface area is 206 Å². The van der Waals surface area contributed by atoms with Crippen LogP contribution in [-0.2, 0) is 33.3 Å². The van der Waals surface area contributed by atoms with Gasteiger partial charge in [0.15, 0.2) is 6.04 Å². The number of tetrazole rings is 1. The molecule has 0 spiro atoms. The van der Waals surface area contributed by atoms with Crippen LogP contribution in [0.4, 0.5) is 39.5 Å². The van der Waals surface area contributed by atoms with Gasteiger partial charge in [-0.1, -0.05) is 6.07 Å². The predicted octanol–water partition coefficient (Wildman–Crippen LogP) is 3.97. The van der Waals surface area contributed by atoms with E-state index < -0.39 is 73.5 Å². The monoisotopic (exact) mass is 576 g/mol. The Morgan fingerprint density at radius 2 is 1.42 bits per heavy atom. The molecule has 1 unspecified atom stereocenters. The molecule has 1 amide bonds. The number of hydrogen-bond acceptors (Lipinski definition) is 6. The highest BCUT2D eigenvalue weighted by Gasteiger charge is 2.37. The molecule has 0 saturated carbocycles. The molecule has 1 heterocycles. The number of sulfonamides is 1. The Balaban J connectivity index is 1.80. The quantitative estimate of drug-likeness (QED) is 0.339. The van der Waals surface area contributed by atoms with Crippen LogP contribution in [0.25, 0.3) is 11.4 Å². The van der Waals surface area contributed by atoms with Gasteiger partial charge in [0.05, 0.1) is 21.6 Å². The molecule has 38 heavy (non-hydrogen) atoms. The van der Waals surface area contributed by atoms with E-state index in [0.29, 0.717) is 29.1 Å². The van der Waals surface area contributed by atoms with Gasteiger partial charge in [-0.2, -0.15) is 44.3 Å². The van der Waals surface area contributed by atoms with E-state index in [0.717, 1.165) is 19.1 Å². The summed E-state index contributed by atoms with van der Waals surface area (Å²) in [6.45, 7) is 1.06. The molecule has 3 rings (SSSR count). The van der Waals surface area contributed by atoms with E-state index in [1.54, 1.807) is 10.3 Å². The summed E-state index contributed by atoms with van der Waals surface area (Å²) in [7, 11) is -4.69. The van der Waals surface area contributed by atoms with Gasteiger partial charge >= 0.3 is 18.5 Å². The second-order valence-corrected chi connectivity index (χ2v) is 9.21. The number of benzene rings is 2. The molecule has 0 bridgehead atoms. The number of hydrazine groups is 1. The van der Waals surface area contributed by atoms with Gasteiger partial charge in [-0.3, -0.25) is 10.2 Å². The normalized spacial score (nSPS) is 13.8. The number of nitrogens with zero attached hydrogens (tertiary/aromatic N) is 4. The Morgan fingerprint density at radius 1 is 0.868 bits per heavy atom. The van der Waals surface area contributed by atoms with Crippen molar-refractivity contribution in [3.05, 3.63) is 59.2 Å². The summed E-state index contributed by atoms with van der Waals surface area (Å²) in [5.74, 6) is -1.92. The zero-order valence-electron chi connectivity index (χ0n) is 18.4. The third kappa shape index (κ3) is 6.57. The van der Waals surface area contributed by atoms with E-state index >= 15 is 0 Å². The Bertz CT molecular complexity index is 1420. The summed E-state index contributed by atoms with van der Waals surface area (Å²) in [5.41, 5.74) is -3.59. The van der Waals surface area contributed by atoms with Crippen LogP contribution >= 0.6 is 0 Å². The lowest BCUT2D eigenvalue weighted by atomic mass is 10.0. The van der Waals surface area contributed by atoms with Gasteiger partial charge in [0.1, 0.15) is 0 Å². The minimum atomic E-state index is -5.14. The molecule has 9 nitrogen and oxygen atoms in total. The zero-order valence-corrected chi connectivity index (χ0v) is 19.3. The van der Waals surface area contributed by atoms with Gasteiger partial charge in [0.25, 0.3) is 15.9 Å². The number of carbonyl (C=O) groups excluding carboxylic acids is 1. The maximum absolute atomic E-state index is 13.1. The van der Waals surface area contributed by atoms with Crippen LogP contribution in [0.15, 0.2) is 47.4 Å². The molecule has 0 aliphatic rings. The molecular formula is C19H13F9N6O3S. The molecule has 1 aromatic heterocycles. The highest BCUT2D eigenvalue weighted by atomic mass is 32.2. The summed E-state index contributed by atoms with van der Waals surface area (Å²) >= 11 is 0. The first kappa shape index (κ1) is 28.8. The molecule has 0 fully saturated rings. The van der Waals surface area contributed by atoms with E-state index in [9.17, 15) is 52.7 Å². The molecule has 19 heteroatoms. The first-order valence-electron chi connectivity index (χ1n) is 9.87. The second-order valence-electron chi connectivity index (χ2n) is 7.52. The summed E-state index contributed by atoms with van der Waals surface area (Å²) in [6.07, 6.45) is -15.1. The lowest BCUT2D eigenvalue weighted by Gasteiger charge is -2.13. The van der Waals surface area contributed by atoms with Gasteiger partial charge in [0.2, 0.25) is 5.82 Å². The lowest BCUT2D eigenvalue weighted by Crippen LogP contribution is -2.44. The number of alkyl halides is 9. The molecule has 0 radical (unpaired) electrons. The van der Waals surface area contributed by atoms with Gasteiger partial charge in [-0.25, -0.2) is 8.42 Å². The topological polar surface area (TPSA) is 119 Å². The zero-order chi connectivity index (χ0) is 28.7. The molecule has 0 aliphatic carbocycles. The third-order valence-corrected chi connectivity index (χ3v) is 6.03. The fourth-order valence-electron chi connectivity index (χ4n) is 2.81. The molecule has 1 atom stereocenters. The van der Waals surface area contributed by atoms with Crippen LogP contribution in [0.2, 0.25) is 0 Å². The SMILES string of the molecule is CC(C(=O)NNS(=O)(=O)c1cccc(C(F)(F)F)c1)n1nnc(-c2cc(C(F)(F)F)cc(C(F)(F)F)c2)n1. The van der Waals surface area contributed by atoms with Crippen LogP contribution in [0.3, 0.4) is 0 Å². The van der Waals surface area contributed by atoms with Crippen molar-refractivity contribution in [2.45, 2.75) is 36.4 Å². The summed E-state index contributed by atoms with van der Waals surface area (Å²) in [5, 5.41) is 10.3. The average Bonchev–Trinajstić information content (AvgIpc) is 3.30. The number of amides is 1. The summed E-state index contributed by atoms with van der Waals surface area (Å²) in [4.78, 5) is 13.5. The van der Waals surface area contributed by atoms with Crippen molar-refractivity contribution in [1.29, 1.82) is 0 Å². The number of halogens is 9. The largest absolute Gasteiger partial charge is 0.416 e. The first-order chi connectivity index (χ1) is 17.3. The number of nitrogens with one attached hydrogen (secondary N) is 2. The Hall–Kier alpha value is -3.74. The first-order valence-corrected chi connectivity index (χ1v) is 11.4. The number of aromatic nitrogens is 4. The van der Waals surface area contributed by atoms with Gasteiger partial charge in [-0.05, 0) is 48.5 Å². The summed E-state index contributed by atoms with van der Waals surface area (Å²) < 4.78 is 142. The Morgan fingerprint density at radius 3 is 1.95 bits per heavy atom. The highest BCUT2D eigenvalue weighted by molar-refractivity contribution is 7.89. The molecule has 0 saturated heterocycles. The van der Waals surface area contributed by atoms with Crippen LogP contribution in [-0.4, -0.2) is 34.5 Å². The molecule has 3 aromatic rings. The van der Waals surface area contributed by atoms with Gasteiger partial charge in [-0.15, -0.1) is 15.0 Å². The van der Waals surface area contributed by atoms with Gasteiger partial charge < -0.3 is 0 Å². The van der Waals surface area contributed by atoms with E-state index in [4.69, 9.17) is 0 Å². The maximum Gasteiger partial charge on any atom is 0.416 e. The van der Waals surface area contributed by atoms with Crippen molar-refractivity contribution < 1.29 is 52.7 Å². The fourth-order valence-corrected chi connectivity index (χ4v) is 3.71. The van der Waals surface area contributed by atoms with E-state index in [1.807, 2.05) is 0 Å². The molecular weight excluding hydrogens is 563 g/mol. The van der Waals surface area contributed by atoms with Crippen LogP contribution in [0.5, 0.6) is 0 Å².